The Bertz CT molecular complexity index is 782. The van der Waals surface area contributed by atoms with Crippen LogP contribution in [-0.2, 0) is 16.6 Å². The summed E-state index contributed by atoms with van der Waals surface area (Å²) in [4.78, 5) is 10.2. The molecule has 0 amide bonds. The second kappa shape index (κ2) is 5.62. The van der Waals surface area contributed by atoms with E-state index in [0.29, 0.717) is 5.56 Å². The van der Waals surface area contributed by atoms with E-state index in [9.17, 15) is 18.5 Å². The van der Waals surface area contributed by atoms with Gasteiger partial charge in [-0.2, -0.15) is 5.10 Å². The van der Waals surface area contributed by atoms with Crippen molar-refractivity contribution in [2.45, 2.75) is 25.3 Å². The van der Waals surface area contributed by atoms with E-state index in [-0.39, 0.29) is 22.7 Å². The Morgan fingerprint density at radius 2 is 2.10 bits per heavy atom. The monoisotopic (exact) mass is 310 g/mol. The number of aryl methyl sites for hydroxylation is 1. The van der Waals surface area contributed by atoms with Crippen molar-refractivity contribution in [1.82, 2.24) is 14.9 Å². The van der Waals surface area contributed by atoms with E-state index in [1.54, 1.807) is 6.92 Å². The zero-order valence-electron chi connectivity index (χ0n) is 11.5. The first-order chi connectivity index (χ1) is 9.83. The lowest BCUT2D eigenvalue weighted by Gasteiger charge is -2.09. The molecule has 2 aromatic rings. The average Bonchev–Trinajstić information content (AvgIpc) is 2.82. The summed E-state index contributed by atoms with van der Waals surface area (Å²) in [5, 5.41) is 17.4. The standard InChI is InChI=1S/C12H14N4O4S/c1-8-11(16(17)18)4-3-5-12(8)21(19,20)14-7-10-6-13-15-9(10)2/h3-6,14H,7H2,1-2H3,(H,13,15). The number of hydrogen-bond acceptors (Lipinski definition) is 5. The topological polar surface area (TPSA) is 118 Å². The molecular weight excluding hydrogens is 296 g/mol. The summed E-state index contributed by atoms with van der Waals surface area (Å²) in [7, 11) is -3.84. The maximum absolute atomic E-state index is 12.3. The largest absolute Gasteiger partial charge is 0.283 e. The fourth-order valence-electron chi connectivity index (χ4n) is 1.90. The van der Waals surface area contributed by atoms with Crippen LogP contribution >= 0.6 is 0 Å². The zero-order chi connectivity index (χ0) is 15.6. The molecule has 0 aliphatic rings. The van der Waals surface area contributed by atoms with Gasteiger partial charge in [-0.05, 0) is 19.9 Å². The fraction of sp³-hybridized carbons (Fsp3) is 0.250. The molecule has 0 spiro atoms. The lowest BCUT2D eigenvalue weighted by Crippen LogP contribution is -2.24. The normalized spacial score (nSPS) is 11.5. The van der Waals surface area contributed by atoms with Crippen LogP contribution in [0.3, 0.4) is 0 Å². The number of H-pyrrole nitrogens is 1. The average molecular weight is 310 g/mol. The number of nitro benzene ring substituents is 1. The van der Waals surface area contributed by atoms with Crippen LogP contribution in [0.15, 0.2) is 29.3 Å². The first kappa shape index (κ1) is 15.1. The summed E-state index contributed by atoms with van der Waals surface area (Å²) < 4.78 is 27.0. The quantitative estimate of drug-likeness (QED) is 0.639. The number of sulfonamides is 1. The van der Waals surface area contributed by atoms with Crippen molar-refractivity contribution < 1.29 is 13.3 Å². The molecule has 8 nitrogen and oxygen atoms in total. The van der Waals surface area contributed by atoms with Crippen molar-refractivity contribution in [3.05, 3.63) is 51.3 Å². The van der Waals surface area contributed by atoms with Crippen LogP contribution in [0.5, 0.6) is 0 Å². The highest BCUT2D eigenvalue weighted by molar-refractivity contribution is 7.89. The molecule has 0 bridgehead atoms. The number of nitrogens with one attached hydrogen (secondary N) is 2. The van der Waals surface area contributed by atoms with Gasteiger partial charge in [0.1, 0.15) is 0 Å². The first-order valence-corrected chi connectivity index (χ1v) is 7.54. The van der Waals surface area contributed by atoms with Crippen molar-refractivity contribution in [3.8, 4) is 0 Å². The Labute approximate surface area is 121 Å². The molecule has 2 N–H and O–H groups in total. The molecule has 0 saturated carbocycles. The SMILES string of the molecule is Cc1[nH]ncc1CNS(=O)(=O)c1cccc([N+](=O)[O-])c1C. The van der Waals surface area contributed by atoms with Gasteiger partial charge in [0.05, 0.1) is 16.0 Å². The molecular formula is C12H14N4O4S. The van der Waals surface area contributed by atoms with E-state index in [1.165, 1.54) is 31.3 Å². The van der Waals surface area contributed by atoms with Gasteiger partial charge in [0.2, 0.25) is 10.0 Å². The predicted octanol–water partition coefficient (Wildman–Crippen LogP) is 1.41. The Hall–Kier alpha value is -2.26. The van der Waals surface area contributed by atoms with Gasteiger partial charge in [0.25, 0.3) is 5.69 Å². The van der Waals surface area contributed by atoms with Crippen LogP contribution < -0.4 is 4.72 Å². The van der Waals surface area contributed by atoms with Gasteiger partial charge in [0.15, 0.2) is 0 Å². The molecule has 0 fully saturated rings. The van der Waals surface area contributed by atoms with Gasteiger partial charge in [0, 0.05) is 29.4 Å². The number of nitrogens with zero attached hydrogens (tertiary/aromatic N) is 2. The summed E-state index contributed by atoms with van der Waals surface area (Å²) in [6.45, 7) is 3.25. The molecule has 0 radical (unpaired) electrons. The molecule has 0 unspecified atom stereocenters. The van der Waals surface area contributed by atoms with E-state index in [4.69, 9.17) is 0 Å². The zero-order valence-corrected chi connectivity index (χ0v) is 12.3. The van der Waals surface area contributed by atoms with Gasteiger partial charge in [-0.25, -0.2) is 13.1 Å². The van der Waals surface area contributed by atoms with E-state index in [2.05, 4.69) is 14.9 Å². The van der Waals surface area contributed by atoms with Gasteiger partial charge in [-0.15, -0.1) is 0 Å². The minimum Gasteiger partial charge on any atom is -0.283 e. The molecule has 0 atom stereocenters. The fourth-order valence-corrected chi connectivity index (χ4v) is 3.16. The Kier molecular flexibility index (Phi) is 4.05. The van der Waals surface area contributed by atoms with Crippen LogP contribution in [0.25, 0.3) is 0 Å². The minimum atomic E-state index is -3.84. The van der Waals surface area contributed by atoms with Crippen LogP contribution in [0.4, 0.5) is 5.69 Å². The maximum atomic E-state index is 12.3. The highest BCUT2D eigenvalue weighted by Crippen LogP contribution is 2.24. The second-order valence-electron chi connectivity index (χ2n) is 4.50. The molecule has 9 heteroatoms. The third kappa shape index (κ3) is 3.09. The summed E-state index contributed by atoms with van der Waals surface area (Å²) >= 11 is 0. The van der Waals surface area contributed by atoms with Crippen molar-refractivity contribution >= 4 is 15.7 Å². The van der Waals surface area contributed by atoms with Crippen LogP contribution in [0.1, 0.15) is 16.8 Å². The summed E-state index contributed by atoms with van der Waals surface area (Å²) in [5.41, 5.74) is 1.35. The minimum absolute atomic E-state index is 0.0623. The summed E-state index contributed by atoms with van der Waals surface area (Å²) in [6, 6.07) is 3.96. The highest BCUT2D eigenvalue weighted by Gasteiger charge is 2.22. The summed E-state index contributed by atoms with van der Waals surface area (Å²) in [6.07, 6.45) is 1.53. The summed E-state index contributed by atoms with van der Waals surface area (Å²) in [5.74, 6) is 0. The smallest absolute Gasteiger partial charge is 0.273 e. The van der Waals surface area contributed by atoms with E-state index in [1.807, 2.05) is 0 Å². The lowest BCUT2D eigenvalue weighted by atomic mass is 10.2. The van der Waals surface area contributed by atoms with Gasteiger partial charge >= 0.3 is 0 Å². The van der Waals surface area contributed by atoms with Gasteiger partial charge in [-0.3, -0.25) is 15.2 Å². The molecule has 2 rings (SSSR count). The van der Waals surface area contributed by atoms with Crippen LogP contribution in [-0.4, -0.2) is 23.5 Å². The number of benzene rings is 1. The number of nitro groups is 1. The van der Waals surface area contributed by atoms with Crippen molar-refractivity contribution in [2.75, 3.05) is 0 Å². The highest BCUT2D eigenvalue weighted by atomic mass is 32.2. The lowest BCUT2D eigenvalue weighted by molar-refractivity contribution is -0.385. The Morgan fingerprint density at radius 1 is 1.38 bits per heavy atom. The van der Waals surface area contributed by atoms with Crippen molar-refractivity contribution in [3.63, 3.8) is 0 Å². The van der Waals surface area contributed by atoms with E-state index >= 15 is 0 Å². The third-order valence-electron chi connectivity index (χ3n) is 3.13. The second-order valence-corrected chi connectivity index (χ2v) is 6.24. The molecule has 1 aromatic carbocycles. The van der Waals surface area contributed by atoms with Crippen molar-refractivity contribution in [1.29, 1.82) is 0 Å². The molecule has 0 aliphatic carbocycles. The number of aromatic amines is 1. The van der Waals surface area contributed by atoms with Gasteiger partial charge < -0.3 is 0 Å². The molecule has 0 aliphatic heterocycles. The Balaban J connectivity index is 2.30. The van der Waals surface area contributed by atoms with Crippen molar-refractivity contribution in [2.24, 2.45) is 0 Å². The van der Waals surface area contributed by atoms with Gasteiger partial charge in [-0.1, -0.05) is 6.07 Å². The molecule has 21 heavy (non-hydrogen) atoms. The number of aromatic nitrogens is 2. The third-order valence-corrected chi connectivity index (χ3v) is 4.67. The maximum Gasteiger partial charge on any atom is 0.273 e. The van der Waals surface area contributed by atoms with E-state index < -0.39 is 14.9 Å². The molecule has 112 valence electrons. The Morgan fingerprint density at radius 3 is 2.67 bits per heavy atom. The predicted molar refractivity (Wildman–Crippen MR) is 75.2 cm³/mol. The van der Waals surface area contributed by atoms with Crippen LogP contribution in [0.2, 0.25) is 0 Å². The number of hydrogen-bond donors (Lipinski definition) is 2. The van der Waals surface area contributed by atoms with E-state index in [0.717, 1.165) is 5.69 Å². The van der Waals surface area contributed by atoms with Crippen LogP contribution in [0, 0.1) is 24.0 Å². The molecule has 0 saturated heterocycles. The number of rotatable bonds is 5. The first-order valence-electron chi connectivity index (χ1n) is 6.05. The molecule has 1 aromatic heterocycles. The molecule has 1 heterocycles.